The molecule has 2 rings (SSSR count). The average Bonchev–Trinajstić information content (AvgIpc) is 2.65. The summed E-state index contributed by atoms with van der Waals surface area (Å²) in [7, 11) is 0. The predicted molar refractivity (Wildman–Crippen MR) is 79.4 cm³/mol. The molecule has 0 saturated heterocycles. The molecule has 3 nitrogen and oxygen atoms in total. The van der Waals surface area contributed by atoms with E-state index in [1.54, 1.807) is 6.92 Å². The lowest BCUT2D eigenvalue weighted by Gasteiger charge is -2.23. The lowest BCUT2D eigenvalue weighted by atomic mass is 9.94. The van der Waals surface area contributed by atoms with Crippen LogP contribution in [0.25, 0.3) is 0 Å². The summed E-state index contributed by atoms with van der Waals surface area (Å²) in [6.45, 7) is 3.11. The summed E-state index contributed by atoms with van der Waals surface area (Å²) < 4.78 is 1.38. The molecule has 0 aliphatic heterocycles. The number of halogens is 1. The van der Waals surface area contributed by atoms with Crippen molar-refractivity contribution in [2.75, 3.05) is 13.1 Å². The fourth-order valence-corrected chi connectivity index (χ4v) is 4.34. The smallest absolute Gasteiger partial charge is 0.216 e. The molecule has 1 aromatic rings. The number of hydrogen-bond donors (Lipinski definition) is 2. The largest absolute Gasteiger partial charge is 0.355 e. The molecule has 1 heterocycles. The van der Waals surface area contributed by atoms with E-state index in [0.717, 1.165) is 6.54 Å². The summed E-state index contributed by atoms with van der Waals surface area (Å²) in [6, 6.07) is 2.78. The molecule has 1 unspecified atom stereocenters. The molecule has 0 spiro atoms. The first kappa shape index (κ1) is 13.3. The van der Waals surface area contributed by atoms with Crippen molar-refractivity contribution in [3.05, 3.63) is 19.4 Å². The second-order valence-electron chi connectivity index (χ2n) is 4.31. The Hall–Kier alpha value is -0.140. The fourth-order valence-electron chi connectivity index (χ4n) is 2.22. The topological polar surface area (TPSA) is 41.1 Å². The molecule has 1 amide bonds. The van der Waals surface area contributed by atoms with E-state index in [9.17, 15) is 4.79 Å². The van der Waals surface area contributed by atoms with Crippen molar-refractivity contribution < 1.29 is 4.79 Å². The van der Waals surface area contributed by atoms with Gasteiger partial charge in [0.15, 0.2) is 0 Å². The third-order valence-electron chi connectivity index (χ3n) is 2.97. The number of rotatable bonds is 4. The van der Waals surface area contributed by atoms with Gasteiger partial charge in [0, 0.05) is 30.9 Å². The highest BCUT2D eigenvalue weighted by Crippen LogP contribution is 2.36. The number of aryl methyl sites for hydroxylation is 1. The molecule has 0 saturated carbocycles. The van der Waals surface area contributed by atoms with Crippen LogP contribution in [0, 0.1) is 2.88 Å². The SMILES string of the molecule is CC(=O)NCCNC1CCCc2sc(I)cc21. The Kier molecular flexibility index (Phi) is 4.81. The van der Waals surface area contributed by atoms with E-state index in [4.69, 9.17) is 0 Å². The summed E-state index contributed by atoms with van der Waals surface area (Å²) in [5.74, 6) is 0.0428. The number of carbonyl (C=O) groups excluding carboxylic acids is 1. The second kappa shape index (κ2) is 6.15. The molecule has 0 bridgehead atoms. The Bertz CT molecular complexity index is 405. The van der Waals surface area contributed by atoms with Crippen molar-refractivity contribution in [1.82, 2.24) is 10.6 Å². The third kappa shape index (κ3) is 3.66. The van der Waals surface area contributed by atoms with Gasteiger partial charge in [-0.05, 0) is 53.5 Å². The lowest BCUT2D eigenvalue weighted by molar-refractivity contribution is -0.118. The minimum Gasteiger partial charge on any atom is -0.355 e. The van der Waals surface area contributed by atoms with E-state index in [1.165, 1.54) is 32.6 Å². The van der Waals surface area contributed by atoms with Gasteiger partial charge in [-0.3, -0.25) is 4.79 Å². The maximum Gasteiger partial charge on any atom is 0.216 e. The molecule has 2 N–H and O–H groups in total. The van der Waals surface area contributed by atoms with Crippen LogP contribution in [0.5, 0.6) is 0 Å². The van der Waals surface area contributed by atoms with Crippen LogP contribution in [0.15, 0.2) is 6.07 Å². The van der Waals surface area contributed by atoms with Crippen molar-refractivity contribution in [1.29, 1.82) is 0 Å². The Morgan fingerprint density at radius 3 is 3.18 bits per heavy atom. The van der Waals surface area contributed by atoms with E-state index in [0.29, 0.717) is 12.6 Å². The normalized spacial score (nSPS) is 18.8. The molecule has 1 aliphatic rings. The zero-order valence-electron chi connectivity index (χ0n) is 9.88. The summed E-state index contributed by atoms with van der Waals surface area (Å²) in [5, 5.41) is 6.35. The highest BCUT2D eigenvalue weighted by molar-refractivity contribution is 14.1. The van der Waals surface area contributed by atoms with Crippen molar-refractivity contribution in [3.8, 4) is 0 Å². The molecule has 1 atom stereocenters. The number of carbonyl (C=O) groups is 1. The maximum absolute atomic E-state index is 10.8. The Morgan fingerprint density at radius 1 is 1.59 bits per heavy atom. The molecule has 1 aliphatic carbocycles. The lowest BCUT2D eigenvalue weighted by Crippen LogP contribution is -2.33. The van der Waals surface area contributed by atoms with Gasteiger partial charge in [0.1, 0.15) is 0 Å². The predicted octanol–water partition coefficient (Wildman–Crippen LogP) is 2.46. The summed E-state index contributed by atoms with van der Waals surface area (Å²) >= 11 is 4.31. The van der Waals surface area contributed by atoms with Gasteiger partial charge in [-0.2, -0.15) is 0 Å². The van der Waals surface area contributed by atoms with Gasteiger partial charge >= 0.3 is 0 Å². The standard InChI is InChI=1S/C12H17IN2OS/c1-8(16)14-5-6-15-10-3-2-4-11-9(10)7-12(13)17-11/h7,10,15H,2-6H2,1H3,(H,14,16). The van der Waals surface area contributed by atoms with Crippen LogP contribution in [0.1, 0.15) is 36.2 Å². The van der Waals surface area contributed by atoms with Gasteiger partial charge in [-0.1, -0.05) is 0 Å². The monoisotopic (exact) mass is 364 g/mol. The first-order valence-corrected chi connectivity index (χ1v) is 7.82. The van der Waals surface area contributed by atoms with Crippen molar-refractivity contribution in [2.24, 2.45) is 0 Å². The molecule has 0 fully saturated rings. The zero-order chi connectivity index (χ0) is 12.3. The highest BCUT2D eigenvalue weighted by atomic mass is 127. The van der Waals surface area contributed by atoms with Crippen LogP contribution in [0.4, 0.5) is 0 Å². The number of nitrogens with one attached hydrogen (secondary N) is 2. The minimum absolute atomic E-state index is 0.0428. The van der Waals surface area contributed by atoms with Crippen LogP contribution in [0.3, 0.4) is 0 Å². The molecule has 1 aromatic heterocycles. The van der Waals surface area contributed by atoms with Crippen LogP contribution in [0.2, 0.25) is 0 Å². The van der Waals surface area contributed by atoms with Gasteiger partial charge < -0.3 is 10.6 Å². The minimum atomic E-state index is 0.0428. The zero-order valence-corrected chi connectivity index (χ0v) is 12.9. The van der Waals surface area contributed by atoms with Crippen LogP contribution in [-0.2, 0) is 11.2 Å². The molecular weight excluding hydrogens is 347 g/mol. The Balaban J connectivity index is 1.88. The summed E-state index contributed by atoms with van der Waals surface area (Å²) in [4.78, 5) is 12.3. The van der Waals surface area contributed by atoms with E-state index in [2.05, 4.69) is 39.3 Å². The summed E-state index contributed by atoms with van der Waals surface area (Å²) in [5.41, 5.74) is 1.48. The second-order valence-corrected chi connectivity index (χ2v) is 7.34. The Labute approximate surface area is 120 Å². The van der Waals surface area contributed by atoms with E-state index in [1.807, 2.05) is 11.3 Å². The third-order valence-corrected chi connectivity index (χ3v) is 4.94. The molecular formula is C12H17IN2OS. The first-order chi connectivity index (χ1) is 8.16. The molecule has 5 heteroatoms. The highest BCUT2D eigenvalue weighted by Gasteiger charge is 2.21. The molecule has 94 valence electrons. The Morgan fingerprint density at radius 2 is 2.41 bits per heavy atom. The summed E-state index contributed by atoms with van der Waals surface area (Å²) in [6.07, 6.45) is 3.70. The van der Waals surface area contributed by atoms with Crippen molar-refractivity contribution >= 4 is 39.8 Å². The fraction of sp³-hybridized carbons (Fsp3) is 0.583. The van der Waals surface area contributed by atoms with Crippen LogP contribution >= 0.6 is 33.9 Å². The van der Waals surface area contributed by atoms with Gasteiger partial charge in [0.2, 0.25) is 5.91 Å². The number of fused-ring (bicyclic) bond motifs is 1. The molecule has 0 radical (unpaired) electrons. The van der Waals surface area contributed by atoms with Crippen molar-refractivity contribution in [3.63, 3.8) is 0 Å². The molecule has 0 aromatic carbocycles. The molecule has 17 heavy (non-hydrogen) atoms. The van der Waals surface area contributed by atoms with Crippen LogP contribution < -0.4 is 10.6 Å². The quantitative estimate of drug-likeness (QED) is 0.637. The van der Waals surface area contributed by atoms with Gasteiger partial charge in [0.05, 0.1) is 2.88 Å². The van der Waals surface area contributed by atoms with E-state index < -0.39 is 0 Å². The first-order valence-electron chi connectivity index (χ1n) is 5.92. The number of amides is 1. The van der Waals surface area contributed by atoms with Gasteiger partial charge in [-0.15, -0.1) is 11.3 Å². The average molecular weight is 364 g/mol. The van der Waals surface area contributed by atoms with Gasteiger partial charge in [0.25, 0.3) is 0 Å². The maximum atomic E-state index is 10.8. The number of hydrogen-bond acceptors (Lipinski definition) is 3. The number of thiophene rings is 1. The van der Waals surface area contributed by atoms with E-state index in [-0.39, 0.29) is 5.91 Å². The van der Waals surface area contributed by atoms with Crippen molar-refractivity contribution in [2.45, 2.75) is 32.2 Å². The van der Waals surface area contributed by atoms with E-state index >= 15 is 0 Å². The van der Waals surface area contributed by atoms with Crippen LogP contribution in [-0.4, -0.2) is 19.0 Å². The van der Waals surface area contributed by atoms with Gasteiger partial charge in [-0.25, -0.2) is 0 Å².